The third kappa shape index (κ3) is 2.33. The Bertz CT molecular complexity index is 392. The average molecular weight is 222 g/mol. The molecule has 1 rings (SSSR count). The molecule has 0 unspecified atom stereocenters. The molecule has 0 aliphatic heterocycles. The van der Waals surface area contributed by atoms with Crippen LogP contribution in [0.5, 0.6) is 5.88 Å². The number of hydrogen-bond acceptors (Lipinski definition) is 4. The van der Waals surface area contributed by atoms with E-state index >= 15 is 0 Å². The SMILES string of the molecule is COc1cc(C(F)(F)F)c(C(=O)O)nn1. The van der Waals surface area contributed by atoms with E-state index in [0.29, 0.717) is 6.07 Å². The summed E-state index contributed by atoms with van der Waals surface area (Å²) in [6.45, 7) is 0. The molecule has 1 aromatic rings. The van der Waals surface area contributed by atoms with Crippen LogP contribution in [0.3, 0.4) is 0 Å². The summed E-state index contributed by atoms with van der Waals surface area (Å²) in [6, 6.07) is 0.483. The van der Waals surface area contributed by atoms with Crippen LogP contribution in [0.25, 0.3) is 0 Å². The smallest absolute Gasteiger partial charge is 0.419 e. The van der Waals surface area contributed by atoms with Gasteiger partial charge in [-0.1, -0.05) is 0 Å². The van der Waals surface area contributed by atoms with E-state index in [-0.39, 0.29) is 0 Å². The number of rotatable bonds is 2. The van der Waals surface area contributed by atoms with Crippen molar-refractivity contribution in [2.24, 2.45) is 0 Å². The molecule has 0 atom stereocenters. The van der Waals surface area contributed by atoms with Crippen LogP contribution in [0.15, 0.2) is 6.07 Å². The van der Waals surface area contributed by atoms with E-state index in [9.17, 15) is 18.0 Å². The van der Waals surface area contributed by atoms with Gasteiger partial charge >= 0.3 is 12.1 Å². The Hall–Kier alpha value is -1.86. The van der Waals surface area contributed by atoms with Gasteiger partial charge < -0.3 is 9.84 Å². The molecule has 1 heterocycles. The lowest BCUT2D eigenvalue weighted by molar-refractivity contribution is -0.138. The molecule has 15 heavy (non-hydrogen) atoms. The molecule has 0 aliphatic carbocycles. The minimum absolute atomic E-state index is 0.396. The van der Waals surface area contributed by atoms with Gasteiger partial charge in [0.15, 0.2) is 5.69 Å². The number of aromatic carboxylic acids is 1. The summed E-state index contributed by atoms with van der Waals surface area (Å²) in [6.07, 6.45) is -4.81. The zero-order valence-corrected chi connectivity index (χ0v) is 7.37. The van der Waals surface area contributed by atoms with Gasteiger partial charge in [0.05, 0.1) is 12.7 Å². The standard InChI is InChI=1S/C7H5F3N2O3/c1-15-4-2-3(7(8,9)10)5(6(13)14)12-11-4/h2H,1H3,(H,13,14). The number of nitrogens with zero attached hydrogens (tertiary/aromatic N) is 2. The first-order valence-corrected chi connectivity index (χ1v) is 3.58. The van der Waals surface area contributed by atoms with E-state index in [0.717, 1.165) is 7.11 Å². The Balaban J connectivity index is 3.36. The van der Waals surface area contributed by atoms with Crippen molar-refractivity contribution in [1.29, 1.82) is 0 Å². The molecule has 0 spiro atoms. The maximum absolute atomic E-state index is 12.3. The Labute approximate surface area is 81.5 Å². The molecule has 0 fully saturated rings. The molecule has 1 aromatic heterocycles. The molecule has 0 bridgehead atoms. The molecule has 8 heteroatoms. The van der Waals surface area contributed by atoms with Crippen molar-refractivity contribution in [3.8, 4) is 5.88 Å². The predicted molar refractivity (Wildman–Crippen MR) is 40.5 cm³/mol. The summed E-state index contributed by atoms with van der Waals surface area (Å²) >= 11 is 0. The van der Waals surface area contributed by atoms with Gasteiger partial charge in [0.1, 0.15) is 0 Å². The lowest BCUT2D eigenvalue weighted by Crippen LogP contribution is -2.16. The molecule has 5 nitrogen and oxygen atoms in total. The summed E-state index contributed by atoms with van der Waals surface area (Å²) in [5.41, 5.74) is -2.54. The van der Waals surface area contributed by atoms with Gasteiger partial charge in [-0.2, -0.15) is 13.2 Å². The van der Waals surface area contributed by atoms with E-state index in [2.05, 4.69) is 14.9 Å². The lowest BCUT2D eigenvalue weighted by atomic mass is 10.2. The summed E-state index contributed by atoms with van der Waals surface area (Å²) in [7, 11) is 1.10. The first-order valence-electron chi connectivity index (χ1n) is 3.58. The van der Waals surface area contributed by atoms with Gasteiger partial charge in [0.25, 0.3) is 0 Å². The Morgan fingerprint density at radius 1 is 1.47 bits per heavy atom. The number of carbonyl (C=O) groups is 1. The van der Waals surface area contributed by atoms with Crippen LogP contribution in [0, 0.1) is 0 Å². The molecular weight excluding hydrogens is 217 g/mol. The maximum Gasteiger partial charge on any atom is 0.419 e. The number of halogens is 3. The average Bonchev–Trinajstić information content (AvgIpc) is 2.15. The molecule has 0 aromatic carbocycles. The van der Waals surface area contributed by atoms with Crippen molar-refractivity contribution in [3.63, 3.8) is 0 Å². The van der Waals surface area contributed by atoms with Crippen molar-refractivity contribution in [1.82, 2.24) is 10.2 Å². The molecule has 82 valence electrons. The lowest BCUT2D eigenvalue weighted by Gasteiger charge is -2.09. The number of methoxy groups -OCH3 is 1. The first kappa shape index (κ1) is 11.2. The highest BCUT2D eigenvalue weighted by Crippen LogP contribution is 2.32. The van der Waals surface area contributed by atoms with Crippen LogP contribution >= 0.6 is 0 Å². The maximum atomic E-state index is 12.3. The zero-order valence-electron chi connectivity index (χ0n) is 7.37. The summed E-state index contributed by atoms with van der Waals surface area (Å²) < 4.78 is 41.4. The third-order valence-corrected chi connectivity index (χ3v) is 1.49. The topological polar surface area (TPSA) is 72.3 Å². The van der Waals surface area contributed by atoms with Crippen LogP contribution < -0.4 is 4.74 Å². The van der Waals surface area contributed by atoms with Crippen molar-refractivity contribution >= 4 is 5.97 Å². The molecule has 0 aliphatic rings. The second-order valence-corrected chi connectivity index (χ2v) is 2.45. The Morgan fingerprint density at radius 2 is 2.07 bits per heavy atom. The molecule has 0 radical (unpaired) electrons. The second kappa shape index (κ2) is 3.71. The number of hydrogen-bond donors (Lipinski definition) is 1. The highest BCUT2D eigenvalue weighted by atomic mass is 19.4. The van der Waals surface area contributed by atoms with Crippen molar-refractivity contribution < 1.29 is 27.8 Å². The predicted octanol–water partition coefficient (Wildman–Crippen LogP) is 1.20. The van der Waals surface area contributed by atoms with Gasteiger partial charge in [-0.15, -0.1) is 10.2 Å². The summed E-state index contributed by atoms with van der Waals surface area (Å²) in [5.74, 6) is -2.19. The largest absolute Gasteiger partial charge is 0.480 e. The van der Waals surface area contributed by atoms with Crippen LogP contribution in [0.2, 0.25) is 0 Å². The van der Waals surface area contributed by atoms with E-state index in [1.54, 1.807) is 0 Å². The minimum Gasteiger partial charge on any atom is -0.480 e. The number of alkyl halides is 3. The number of carboxylic acids is 1. The molecule has 1 N–H and O–H groups in total. The first-order chi connectivity index (χ1) is 6.86. The zero-order chi connectivity index (χ0) is 11.6. The monoisotopic (exact) mass is 222 g/mol. The van der Waals surface area contributed by atoms with Gasteiger partial charge in [-0.25, -0.2) is 4.79 Å². The highest BCUT2D eigenvalue weighted by molar-refractivity contribution is 5.87. The van der Waals surface area contributed by atoms with E-state index in [4.69, 9.17) is 5.11 Å². The second-order valence-electron chi connectivity index (χ2n) is 2.45. The van der Waals surface area contributed by atoms with Crippen LogP contribution in [-0.2, 0) is 6.18 Å². The van der Waals surface area contributed by atoms with Gasteiger partial charge in [0.2, 0.25) is 5.88 Å². The van der Waals surface area contributed by atoms with E-state index in [1.165, 1.54) is 0 Å². The third-order valence-electron chi connectivity index (χ3n) is 1.49. The fourth-order valence-electron chi connectivity index (χ4n) is 0.848. The fourth-order valence-corrected chi connectivity index (χ4v) is 0.848. The van der Waals surface area contributed by atoms with Crippen LogP contribution in [-0.4, -0.2) is 28.4 Å². The van der Waals surface area contributed by atoms with E-state index in [1.807, 2.05) is 0 Å². The summed E-state index contributed by atoms with van der Waals surface area (Å²) in [4.78, 5) is 10.4. The van der Waals surface area contributed by atoms with E-state index < -0.39 is 29.3 Å². The Morgan fingerprint density at radius 3 is 2.47 bits per heavy atom. The number of ether oxygens (including phenoxy) is 1. The normalized spacial score (nSPS) is 11.2. The minimum atomic E-state index is -4.81. The quantitative estimate of drug-likeness (QED) is 0.813. The number of carboxylic acid groups (broad SMARTS) is 1. The molecule has 0 saturated heterocycles. The van der Waals surface area contributed by atoms with Crippen molar-refractivity contribution in [2.75, 3.05) is 7.11 Å². The van der Waals surface area contributed by atoms with Gasteiger partial charge in [0, 0.05) is 6.07 Å². The number of aromatic nitrogens is 2. The van der Waals surface area contributed by atoms with Crippen molar-refractivity contribution in [2.45, 2.75) is 6.18 Å². The van der Waals surface area contributed by atoms with Gasteiger partial charge in [-0.3, -0.25) is 0 Å². The molecule has 0 amide bonds. The molecule has 0 saturated carbocycles. The Kier molecular flexibility index (Phi) is 2.78. The molecular formula is C7H5F3N2O3. The van der Waals surface area contributed by atoms with Crippen LogP contribution in [0.1, 0.15) is 16.1 Å². The van der Waals surface area contributed by atoms with Crippen molar-refractivity contribution in [3.05, 3.63) is 17.3 Å². The van der Waals surface area contributed by atoms with Gasteiger partial charge in [-0.05, 0) is 0 Å². The summed E-state index contributed by atoms with van der Waals surface area (Å²) in [5, 5.41) is 14.5. The highest BCUT2D eigenvalue weighted by Gasteiger charge is 2.37. The fraction of sp³-hybridized carbons (Fsp3) is 0.286. The van der Waals surface area contributed by atoms with Crippen LogP contribution in [0.4, 0.5) is 13.2 Å².